The zero-order chi connectivity index (χ0) is 5.86. The fourth-order valence-corrected chi connectivity index (χ4v) is 0.123. The van der Waals surface area contributed by atoms with Gasteiger partial charge in [0.2, 0.25) is 0 Å². The van der Waals surface area contributed by atoms with E-state index in [9.17, 15) is 4.79 Å². The monoisotopic (exact) mass is 101 g/mol. The number of hydrogen-bond donors (Lipinski definition) is 1. The molecule has 0 aliphatic rings. The van der Waals surface area contributed by atoms with E-state index < -0.39 is 5.97 Å². The first-order valence-corrected chi connectivity index (χ1v) is 2.20. The van der Waals surface area contributed by atoms with Gasteiger partial charge in [0.25, 0.3) is 0 Å². The maximum atomic E-state index is 9.89. The van der Waals surface area contributed by atoms with Crippen LogP contribution in [0.5, 0.6) is 0 Å². The summed E-state index contributed by atoms with van der Waals surface area (Å²) in [6.07, 6.45) is 0.468. The molecule has 0 unspecified atom stereocenters. The van der Waals surface area contributed by atoms with Crippen LogP contribution in [0.15, 0.2) is 0 Å². The van der Waals surface area contributed by atoms with E-state index in [-0.39, 0.29) is 5.92 Å². The summed E-state index contributed by atoms with van der Waals surface area (Å²) in [7, 11) is 0. The summed E-state index contributed by atoms with van der Waals surface area (Å²) in [5, 5.41) is 8.14. The Labute approximate surface area is 43.2 Å². The lowest BCUT2D eigenvalue weighted by atomic mass is 10.1. The van der Waals surface area contributed by atoms with Crippen LogP contribution in [0.2, 0.25) is 0 Å². The van der Waals surface area contributed by atoms with Crippen LogP contribution in [0.25, 0.3) is 0 Å². The lowest BCUT2D eigenvalue weighted by Gasteiger charge is -1.96. The Hall–Kier alpha value is -0.530. The van der Waals surface area contributed by atoms with Gasteiger partial charge in [-0.2, -0.15) is 0 Å². The van der Waals surface area contributed by atoms with Gasteiger partial charge in [-0.05, 0) is 6.42 Å². The Morgan fingerprint density at radius 2 is 2.43 bits per heavy atom. The molecule has 0 aromatic rings. The molecule has 0 aromatic carbocycles. The number of carboxylic acid groups (broad SMARTS) is 1. The molecule has 0 aromatic heterocycles. The van der Waals surface area contributed by atoms with Crippen molar-refractivity contribution in [2.75, 3.05) is 0 Å². The summed E-state index contributed by atoms with van der Waals surface area (Å²) in [6.45, 7) is 5.06. The van der Waals surface area contributed by atoms with Crippen molar-refractivity contribution in [1.29, 1.82) is 0 Å². The molecule has 41 valence electrons. The Balaban J connectivity index is 3.34. The second-order valence-corrected chi connectivity index (χ2v) is 1.53. The average Bonchev–Trinajstić information content (AvgIpc) is 1.65. The molecule has 0 heterocycles. The van der Waals surface area contributed by atoms with Gasteiger partial charge in [0.15, 0.2) is 0 Å². The standard InChI is InChI=1S/C5H9O2/c1-3-4(2)5(6)7/h4H,1,3H2,2H3,(H,6,7)/t4-/m0/s1. The highest BCUT2D eigenvalue weighted by Crippen LogP contribution is 1.97. The van der Waals surface area contributed by atoms with Crippen molar-refractivity contribution in [3.8, 4) is 0 Å². The molecule has 1 atom stereocenters. The summed E-state index contributed by atoms with van der Waals surface area (Å²) >= 11 is 0. The average molecular weight is 101 g/mol. The number of carbonyl (C=O) groups is 1. The SMILES string of the molecule is [CH2]C[C@H](C)C(=O)O. The van der Waals surface area contributed by atoms with E-state index >= 15 is 0 Å². The van der Waals surface area contributed by atoms with Crippen LogP contribution in [-0.2, 0) is 4.79 Å². The molecule has 0 saturated carbocycles. The van der Waals surface area contributed by atoms with Crippen LogP contribution in [0.1, 0.15) is 13.3 Å². The van der Waals surface area contributed by atoms with E-state index in [1.54, 1.807) is 6.92 Å². The highest BCUT2D eigenvalue weighted by atomic mass is 16.4. The molecule has 7 heavy (non-hydrogen) atoms. The molecule has 0 spiro atoms. The molecule has 0 aliphatic carbocycles. The molecule has 1 radical (unpaired) electrons. The smallest absolute Gasteiger partial charge is 0.306 e. The molecule has 2 nitrogen and oxygen atoms in total. The van der Waals surface area contributed by atoms with Crippen LogP contribution in [0, 0.1) is 12.8 Å². The zero-order valence-corrected chi connectivity index (χ0v) is 4.35. The first-order chi connectivity index (χ1) is 3.18. The molecule has 2 heteroatoms. The molecule has 0 saturated heterocycles. The highest BCUT2D eigenvalue weighted by Gasteiger charge is 2.05. The van der Waals surface area contributed by atoms with Gasteiger partial charge in [0, 0.05) is 0 Å². The van der Waals surface area contributed by atoms with Crippen LogP contribution in [0.3, 0.4) is 0 Å². The van der Waals surface area contributed by atoms with Gasteiger partial charge in [0.05, 0.1) is 5.92 Å². The minimum Gasteiger partial charge on any atom is -0.481 e. The van der Waals surface area contributed by atoms with E-state index in [1.165, 1.54) is 0 Å². The second-order valence-electron chi connectivity index (χ2n) is 1.53. The summed E-state index contributed by atoms with van der Waals surface area (Å²) < 4.78 is 0. The van der Waals surface area contributed by atoms with Crippen LogP contribution < -0.4 is 0 Å². The van der Waals surface area contributed by atoms with Crippen LogP contribution >= 0.6 is 0 Å². The number of carboxylic acids is 1. The van der Waals surface area contributed by atoms with Crippen LogP contribution in [0.4, 0.5) is 0 Å². The highest BCUT2D eigenvalue weighted by molar-refractivity contribution is 5.69. The Bertz CT molecular complexity index is 68.5. The Morgan fingerprint density at radius 1 is 2.00 bits per heavy atom. The van der Waals surface area contributed by atoms with Crippen molar-refractivity contribution in [3.05, 3.63) is 6.92 Å². The number of hydrogen-bond acceptors (Lipinski definition) is 1. The van der Waals surface area contributed by atoms with E-state index in [1.807, 2.05) is 0 Å². The molecule has 0 bridgehead atoms. The fraction of sp³-hybridized carbons (Fsp3) is 0.600. The van der Waals surface area contributed by atoms with Gasteiger partial charge in [0.1, 0.15) is 0 Å². The normalized spacial score (nSPS) is 13.4. The van der Waals surface area contributed by atoms with E-state index in [0.717, 1.165) is 0 Å². The van der Waals surface area contributed by atoms with Gasteiger partial charge >= 0.3 is 5.97 Å². The zero-order valence-electron chi connectivity index (χ0n) is 4.35. The Kier molecular flexibility index (Phi) is 2.41. The third-order valence-corrected chi connectivity index (χ3v) is 0.855. The molecule has 0 rings (SSSR count). The van der Waals surface area contributed by atoms with Crippen LogP contribution in [-0.4, -0.2) is 11.1 Å². The number of rotatable bonds is 2. The van der Waals surface area contributed by atoms with E-state index in [2.05, 4.69) is 6.92 Å². The predicted molar refractivity (Wildman–Crippen MR) is 26.8 cm³/mol. The maximum Gasteiger partial charge on any atom is 0.306 e. The van der Waals surface area contributed by atoms with Crippen molar-refractivity contribution < 1.29 is 9.90 Å². The lowest BCUT2D eigenvalue weighted by Crippen LogP contribution is -2.06. The minimum atomic E-state index is -0.769. The van der Waals surface area contributed by atoms with Crippen molar-refractivity contribution in [2.24, 2.45) is 5.92 Å². The van der Waals surface area contributed by atoms with Gasteiger partial charge in [-0.25, -0.2) is 0 Å². The molecule has 0 amide bonds. The summed E-state index contributed by atoms with van der Waals surface area (Å²) in [5.41, 5.74) is 0. The van der Waals surface area contributed by atoms with Crippen molar-refractivity contribution >= 4 is 5.97 Å². The maximum absolute atomic E-state index is 9.89. The van der Waals surface area contributed by atoms with Gasteiger partial charge < -0.3 is 5.11 Å². The van der Waals surface area contributed by atoms with Gasteiger partial charge in [-0.3, -0.25) is 4.79 Å². The van der Waals surface area contributed by atoms with Crippen molar-refractivity contribution in [2.45, 2.75) is 13.3 Å². The first kappa shape index (κ1) is 6.47. The van der Waals surface area contributed by atoms with Crippen molar-refractivity contribution in [1.82, 2.24) is 0 Å². The number of aliphatic carboxylic acids is 1. The minimum absolute atomic E-state index is 0.292. The second kappa shape index (κ2) is 2.61. The first-order valence-electron chi connectivity index (χ1n) is 2.20. The summed E-state index contributed by atoms with van der Waals surface area (Å²) in [5.74, 6) is -1.06. The molecule has 0 fully saturated rings. The molecular weight excluding hydrogens is 92.1 g/mol. The van der Waals surface area contributed by atoms with Gasteiger partial charge in [-0.15, -0.1) is 0 Å². The third-order valence-electron chi connectivity index (χ3n) is 0.855. The quantitative estimate of drug-likeness (QED) is 0.561. The summed E-state index contributed by atoms with van der Waals surface area (Å²) in [4.78, 5) is 9.89. The van der Waals surface area contributed by atoms with Gasteiger partial charge in [-0.1, -0.05) is 13.8 Å². The molecule has 1 N–H and O–H groups in total. The van der Waals surface area contributed by atoms with Crippen molar-refractivity contribution in [3.63, 3.8) is 0 Å². The van der Waals surface area contributed by atoms with E-state index in [0.29, 0.717) is 6.42 Å². The fourth-order valence-electron chi connectivity index (χ4n) is 0.123. The summed E-state index contributed by atoms with van der Waals surface area (Å²) in [6, 6.07) is 0. The lowest BCUT2D eigenvalue weighted by molar-refractivity contribution is -0.140. The molecular formula is C5H9O2. The van der Waals surface area contributed by atoms with E-state index in [4.69, 9.17) is 5.11 Å². The topological polar surface area (TPSA) is 37.3 Å². The predicted octanol–water partition coefficient (Wildman–Crippen LogP) is 0.931. The largest absolute Gasteiger partial charge is 0.481 e. The molecule has 0 aliphatic heterocycles. The third kappa shape index (κ3) is 2.20. The Morgan fingerprint density at radius 3 is 2.43 bits per heavy atom.